The molecule has 4 aromatic rings. The lowest BCUT2D eigenvalue weighted by atomic mass is 10.1. The Balaban J connectivity index is 2.00. The maximum atomic E-state index is 6.34. The molecule has 0 fully saturated rings. The summed E-state index contributed by atoms with van der Waals surface area (Å²) >= 11 is 18.5. The first-order valence-electron chi connectivity index (χ1n) is 9.00. The van der Waals surface area contributed by atoms with Crippen LogP contribution < -0.4 is 10.1 Å². The molecule has 3 aromatic carbocycles. The topological polar surface area (TPSA) is 34.7 Å². The van der Waals surface area contributed by atoms with Crippen molar-refractivity contribution >= 4 is 51.5 Å². The largest absolute Gasteiger partial charge is 0.494 e. The Morgan fingerprint density at radius 1 is 0.862 bits per heavy atom. The van der Waals surface area contributed by atoms with Crippen LogP contribution in [0.25, 0.3) is 22.3 Å². The van der Waals surface area contributed by atoms with Crippen LogP contribution in [-0.2, 0) is 0 Å². The van der Waals surface area contributed by atoms with Gasteiger partial charge in [0.15, 0.2) is 0 Å². The van der Waals surface area contributed by atoms with Crippen LogP contribution in [0.5, 0.6) is 5.75 Å². The fourth-order valence-corrected chi connectivity index (χ4v) is 3.41. The van der Waals surface area contributed by atoms with E-state index in [-0.39, 0.29) is 0 Å². The lowest BCUT2D eigenvalue weighted by molar-refractivity contribution is 0.340. The number of benzene rings is 3. The third-order valence-corrected chi connectivity index (χ3v) is 5.11. The van der Waals surface area contributed by atoms with Crippen LogP contribution >= 0.6 is 34.8 Å². The Bertz CT molecular complexity index is 1250. The predicted molar refractivity (Wildman–Crippen MR) is 120 cm³/mol. The van der Waals surface area contributed by atoms with Crippen molar-refractivity contribution < 1.29 is 9.15 Å². The second-order valence-electron chi connectivity index (χ2n) is 6.30. The molecule has 0 saturated carbocycles. The average molecular weight is 445 g/mol. The summed E-state index contributed by atoms with van der Waals surface area (Å²) in [7, 11) is 0. The number of nitrogens with zero attached hydrogens (tertiary/aromatic N) is 1. The zero-order chi connectivity index (χ0) is 20.4. The third kappa shape index (κ3) is 4.43. The number of ether oxygens (including phenoxy) is 1. The molecule has 146 valence electrons. The predicted octanol–water partition coefficient (Wildman–Crippen LogP) is 7.69. The highest BCUT2D eigenvalue weighted by Gasteiger charge is 2.09. The molecule has 1 aromatic heterocycles. The Labute approximate surface area is 183 Å². The number of hydrogen-bond acceptors (Lipinski definition) is 3. The first-order valence-corrected chi connectivity index (χ1v) is 10.1. The summed E-state index contributed by atoms with van der Waals surface area (Å²) in [5.41, 5.74) is 2.15. The third-order valence-electron chi connectivity index (χ3n) is 4.30. The minimum Gasteiger partial charge on any atom is -0.494 e. The van der Waals surface area contributed by atoms with Gasteiger partial charge < -0.3 is 9.15 Å². The van der Waals surface area contributed by atoms with E-state index in [4.69, 9.17) is 48.9 Å². The minimum atomic E-state index is 0.511. The summed E-state index contributed by atoms with van der Waals surface area (Å²) in [6.45, 7) is 2.51. The van der Waals surface area contributed by atoms with Crippen molar-refractivity contribution in [1.29, 1.82) is 0 Å². The first kappa shape index (κ1) is 19.8. The maximum Gasteiger partial charge on any atom is 0.137 e. The zero-order valence-electron chi connectivity index (χ0n) is 15.5. The monoisotopic (exact) mass is 443 g/mol. The summed E-state index contributed by atoms with van der Waals surface area (Å²) < 4.78 is 11.8. The van der Waals surface area contributed by atoms with Gasteiger partial charge in [-0.2, -0.15) is 0 Å². The molecule has 4 rings (SSSR count). The second kappa shape index (κ2) is 8.50. The number of hydrogen-bond donors (Lipinski definition) is 0. The Hall–Kier alpha value is -2.46. The van der Waals surface area contributed by atoms with Crippen LogP contribution in [0.3, 0.4) is 0 Å². The number of fused-ring (bicyclic) bond motifs is 1. The molecule has 0 atom stereocenters. The van der Waals surface area contributed by atoms with Crippen LogP contribution in [0.15, 0.2) is 76.1 Å². The van der Waals surface area contributed by atoms with Gasteiger partial charge >= 0.3 is 0 Å². The fourth-order valence-electron chi connectivity index (χ4n) is 2.95. The van der Waals surface area contributed by atoms with E-state index in [9.17, 15) is 0 Å². The van der Waals surface area contributed by atoms with Crippen LogP contribution in [-0.4, -0.2) is 6.61 Å². The van der Waals surface area contributed by atoms with Gasteiger partial charge in [-0.3, -0.25) is 0 Å². The number of halogens is 3. The van der Waals surface area contributed by atoms with E-state index in [0.717, 1.165) is 16.7 Å². The Morgan fingerprint density at radius 2 is 1.62 bits per heavy atom. The summed E-state index contributed by atoms with van der Waals surface area (Å²) in [6.07, 6.45) is 0. The molecule has 0 aliphatic carbocycles. The summed E-state index contributed by atoms with van der Waals surface area (Å²) in [5.74, 6) is 1.40. The lowest BCUT2D eigenvalue weighted by Gasteiger charge is -2.08. The Kier molecular flexibility index (Phi) is 5.81. The van der Waals surface area contributed by atoms with Crippen molar-refractivity contribution in [2.45, 2.75) is 6.92 Å². The van der Waals surface area contributed by atoms with Crippen LogP contribution in [0, 0.1) is 0 Å². The standard InChI is InChI=1S/C23H16Cl3NO2/c1-2-28-17-8-10-22-18(12-17)20(27-21-11-16(25)7-9-19(21)26)13-23(29-22)14-3-5-15(24)6-4-14/h3-13H,2H2,1H3. The molecule has 3 nitrogen and oxygen atoms in total. The fraction of sp³-hybridized carbons (Fsp3) is 0.0870. The molecule has 29 heavy (non-hydrogen) atoms. The highest BCUT2D eigenvalue weighted by Crippen LogP contribution is 2.30. The van der Waals surface area contributed by atoms with Crippen LogP contribution in [0.4, 0.5) is 5.69 Å². The van der Waals surface area contributed by atoms with E-state index in [2.05, 4.69) is 0 Å². The quantitative estimate of drug-likeness (QED) is 0.323. The van der Waals surface area contributed by atoms with E-state index in [1.807, 2.05) is 55.5 Å². The molecule has 1 heterocycles. The van der Waals surface area contributed by atoms with Gasteiger partial charge in [0.05, 0.1) is 22.7 Å². The SMILES string of the molecule is CCOc1ccc2oc(-c3ccc(Cl)cc3)cc(=Nc3cc(Cl)ccc3Cl)c2c1. The Morgan fingerprint density at radius 3 is 2.38 bits per heavy atom. The first-order chi connectivity index (χ1) is 14.0. The summed E-state index contributed by atoms with van der Waals surface area (Å²) in [4.78, 5) is 4.78. The molecular formula is C23H16Cl3NO2. The molecule has 0 aliphatic heterocycles. The lowest BCUT2D eigenvalue weighted by Crippen LogP contribution is -2.04. The van der Waals surface area contributed by atoms with Crippen LogP contribution in [0.2, 0.25) is 15.1 Å². The van der Waals surface area contributed by atoms with Gasteiger partial charge in [-0.25, -0.2) is 4.99 Å². The zero-order valence-corrected chi connectivity index (χ0v) is 17.7. The summed E-state index contributed by atoms with van der Waals surface area (Å²) in [6, 6.07) is 20.2. The molecule has 6 heteroatoms. The van der Waals surface area contributed by atoms with Crippen molar-refractivity contribution in [2.24, 2.45) is 4.99 Å². The van der Waals surface area contributed by atoms with E-state index < -0.39 is 0 Å². The molecule has 0 aliphatic rings. The van der Waals surface area contributed by atoms with Gasteiger partial charge in [0.1, 0.15) is 17.1 Å². The van der Waals surface area contributed by atoms with Crippen molar-refractivity contribution in [1.82, 2.24) is 0 Å². The van der Waals surface area contributed by atoms with Crippen molar-refractivity contribution in [3.63, 3.8) is 0 Å². The van der Waals surface area contributed by atoms with E-state index in [0.29, 0.717) is 44.1 Å². The van der Waals surface area contributed by atoms with Gasteiger partial charge in [-0.15, -0.1) is 0 Å². The molecule has 0 amide bonds. The highest BCUT2D eigenvalue weighted by atomic mass is 35.5. The van der Waals surface area contributed by atoms with Gasteiger partial charge in [0.2, 0.25) is 0 Å². The average Bonchev–Trinajstić information content (AvgIpc) is 2.71. The van der Waals surface area contributed by atoms with Gasteiger partial charge in [-0.05, 0) is 67.6 Å². The second-order valence-corrected chi connectivity index (χ2v) is 7.58. The smallest absolute Gasteiger partial charge is 0.137 e. The molecular weight excluding hydrogens is 429 g/mol. The van der Waals surface area contributed by atoms with Gasteiger partial charge in [-0.1, -0.05) is 34.8 Å². The molecule has 0 bridgehead atoms. The summed E-state index contributed by atoms with van der Waals surface area (Å²) in [5, 5.41) is 3.24. The number of rotatable bonds is 4. The van der Waals surface area contributed by atoms with Crippen molar-refractivity contribution in [2.75, 3.05) is 6.61 Å². The van der Waals surface area contributed by atoms with Crippen molar-refractivity contribution in [3.05, 3.63) is 87.2 Å². The molecule has 0 N–H and O–H groups in total. The molecule has 0 radical (unpaired) electrons. The van der Waals surface area contributed by atoms with E-state index in [1.54, 1.807) is 18.2 Å². The molecule has 0 saturated heterocycles. The molecule has 0 unspecified atom stereocenters. The van der Waals surface area contributed by atoms with Gasteiger partial charge in [0, 0.05) is 27.1 Å². The minimum absolute atomic E-state index is 0.511. The van der Waals surface area contributed by atoms with E-state index >= 15 is 0 Å². The van der Waals surface area contributed by atoms with Crippen molar-refractivity contribution in [3.8, 4) is 17.1 Å². The van der Waals surface area contributed by atoms with E-state index in [1.165, 1.54) is 0 Å². The normalized spacial score (nSPS) is 11.8. The van der Waals surface area contributed by atoms with Gasteiger partial charge in [0.25, 0.3) is 0 Å². The maximum absolute atomic E-state index is 6.34. The van der Waals surface area contributed by atoms with Crippen LogP contribution in [0.1, 0.15) is 6.92 Å². The molecule has 0 spiro atoms. The highest BCUT2D eigenvalue weighted by molar-refractivity contribution is 6.35.